The van der Waals surface area contributed by atoms with Crippen molar-refractivity contribution in [3.8, 4) is 0 Å². The third-order valence-corrected chi connectivity index (χ3v) is 6.21. The third-order valence-electron chi connectivity index (χ3n) is 6.21. The number of rotatable bonds is 4. The van der Waals surface area contributed by atoms with Crippen LogP contribution < -0.4 is 5.32 Å². The maximum atomic E-state index is 3.80. The van der Waals surface area contributed by atoms with Gasteiger partial charge in [0, 0.05) is 30.2 Å². The molecule has 3 saturated heterocycles. The van der Waals surface area contributed by atoms with Gasteiger partial charge in [-0.05, 0) is 78.4 Å². The Bertz CT molecular complexity index is 318. The molecule has 3 heteroatoms. The zero-order chi connectivity index (χ0) is 14.8. The minimum atomic E-state index is 0.716. The van der Waals surface area contributed by atoms with E-state index in [0.29, 0.717) is 6.04 Å². The lowest BCUT2D eigenvalue weighted by molar-refractivity contribution is 0.0898. The fourth-order valence-electron chi connectivity index (χ4n) is 5.06. The van der Waals surface area contributed by atoms with Crippen molar-refractivity contribution in [3.05, 3.63) is 0 Å². The molecule has 1 N–H and O–H groups in total. The molecule has 0 saturated carbocycles. The van der Waals surface area contributed by atoms with Crippen molar-refractivity contribution in [1.82, 2.24) is 15.1 Å². The fourth-order valence-corrected chi connectivity index (χ4v) is 5.06. The Kier molecular flexibility index (Phi) is 5.23. The highest BCUT2D eigenvalue weighted by molar-refractivity contribution is 4.97. The lowest BCUT2D eigenvalue weighted by Gasteiger charge is -2.41. The van der Waals surface area contributed by atoms with Crippen LogP contribution in [0.15, 0.2) is 0 Å². The normalized spacial score (nSPS) is 38.1. The second-order valence-corrected chi connectivity index (χ2v) is 7.81. The summed E-state index contributed by atoms with van der Waals surface area (Å²) in [6.07, 6.45) is 9.82. The van der Waals surface area contributed by atoms with Crippen LogP contribution in [0.3, 0.4) is 0 Å². The lowest BCUT2D eigenvalue weighted by Crippen LogP contribution is -2.51. The van der Waals surface area contributed by atoms with Gasteiger partial charge in [-0.25, -0.2) is 0 Å². The predicted molar refractivity (Wildman–Crippen MR) is 89.7 cm³/mol. The summed E-state index contributed by atoms with van der Waals surface area (Å²) < 4.78 is 0. The van der Waals surface area contributed by atoms with Crippen LogP contribution in [0, 0.1) is 0 Å². The molecule has 3 heterocycles. The number of nitrogens with zero attached hydrogens (tertiary/aromatic N) is 2. The Morgan fingerprint density at radius 3 is 2.33 bits per heavy atom. The average Bonchev–Trinajstić information content (AvgIpc) is 2.67. The van der Waals surface area contributed by atoms with E-state index in [1.807, 2.05) is 0 Å². The van der Waals surface area contributed by atoms with Crippen LogP contribution >= 0.6 is 0 Å². The highest BCUT2D eigenvalue weighted by atomic mass is 15.2. The Hall–Kier alpha value is -0.120. The van der Waals surface area contributed by atoms with Crippen molar-refractivity contribution in [2.45, 2.75) is 95.9 Å². The molecule has 3 nitrogen and oxygen atoms in total. The summed E-state index contributed by atoms with van der Waals surface area (Å²) in [6.45, 7) is 10.9. The molecule has 122 valence electrons. The Morgan fingerprint density at radius 1 is 1.00 bits per heavy atom. The molecular weight excluding hydrogens is 258 g/mol. The predicted octanol–water partition coefficient (Wildman–Crippen LogP) is 2.85. The van der Waals surface area contributed by atoms with E-state index in [1.54, 1.807) is 0 Å². The first-order valence-electron chi connectivity index (χ1n) is 9.43. The second kappa shape index (κ2) is 6.97. The van der Waals surface area contributed by atoms with Crippen LogP contribution in [-0.4, -0.2) is 59.6 Å². The van der Waals surface area contributed by atoms with E-state index in [4.69, 9.17) is 0 Å². The van der Waals surface area contributed by atoms with Gasteiger partial charge >= 0.3 is 0 Å². The molecule has 21 heavy (non-hydrogen) atoms. The lowest BCUT2D eigenvalue weighted by atomic mass is 9.95. The minimum Gasteiger partial charge on any atom is -0.311 e. The summed E-state index contributed by atoms with van der Waals surface area (Å²) in [5.41, 5.74) is 0. The smallest absolute Gasteiger partial charge is 0.0128 e. The maximum absolute atomic E-state index is 3.80. The fraction of sp³-hybridized carbons (Fsp3) is 1.00. The number of fused-ring (bicyclic) bond motifs is 2. The quantitative estimate of drug-likeness (QED) is 0.860. The van der Waals surface area contributed by atoms with Gasteiger partial charge in [-0.1, -0.05) is 6.92 Å². The molecule has 0 spiro atoms. The first-order valence-corrected chi connectivity index (χ1v) is 9.43. The number of hydrogen-bond donors (Lipinski definition) is 1. The Balaban J connectivity index is 1.60. The molecule has 3 rings (SSSR count). The molecule has 3 aliphatic rings. The van der Waals surface area contributed by atoms with Crippen molar-refractivity contribution in [3.63, 3.8) is 0 Å². The summed E-state index contributed by atoms with van der Waals surface area (Å²) in [4.78, 5) is 5.57. The summed E-state index contributed by atoms with van der Waals surface area (Å²) >= 11 is 0. The Morgan fingerprint density at radius 2 is 1.71 bits per heavy atom. The molecule has 0 amide bonds. The van der Waals surface area contributed by atoms with E-state index in [9.17, 15) is 0 Å². The van der Waals surface area contributed by atoms with Gasteiger partial charge in [0.15, 0.2) is 0 Å². The van der Waals surface area contributed by atoms with Gasteiger partial charge in [0.1, 0.15) is 0 Å². The van der Waals surface area contributed by atoms with Crippen LogP contribution in [0.2, 0.25) is 0 Å². The summed E-state index contributed by atoms with van der Waals surface area (Å²) in [5.74, 6) is 0. The number of piperidine rings is 1. The molecular formula is C18H35N3. The van der Waals surface area contributed by atoms with Crippen molar-refractivity contribution in [2.75, 3.05) is 19.6 Å². The van der Waals surface area contributed by atoms with Crippen LogP contribution in [0.25, 0.3) is 0 Å². The van der Waals surface area contributed by atoms with Crippen LogP contribution in [-0.2, 0) is 0 Å². The second-order valence-electron chi connectivity index (χ2n) is 7.81. The maximum Gasteiger partial charge on any atom is 0.0128 e. The van der Waals surface area contributed by atoms with E-state index < -0.39 is 0 Å². The molecule has 3 fully saturated rings. The van der Waals surface area contributed by atoms with E-state index in [-0.39, 0.29) is 0 Å². The minimum absolute atomic E-state index is 0.716. The summed E-state index contributed by atoms with van der Waals surface area (Å²) in [7, 11) is 0. The van der Waals surface area contributed by atoms with Crippen molar-refractivity contribution in [2.24, 2.45) is 0 Å². The first kappa shape index (κ1) is 15.8. The average molecular weight is 293 g/mol. The summed E-state index contributed by atoms with van der Waals surface area (Å²) in [5, 5.41) is 3.80. The van der Waals surface area contributed by atoms with Crippen molar-refractivity contribution < 1.29 is 0 Å². The molecule has 0 aliphatic carbocycles. The number of hydrogen-bond acceptors (Lipinski definition) is 3. The van der Waals surface area contributed by atoms with E-state index >= 15 is 0 Å². The number of likely N-dealkylation sites (tertiary alicyclic amines) is 1. The Labute approximate surface area is 131 Å². The molecule has 0 aromatic heterocycles. The van der Waals surface area contributed by atoms with E-state index in [0.717, 1.165) is 24.2 Å². The highest BCUT2D eigenvalue weighted by Crippen LogP contribution is 2.32. The molecule has 2 bridgehead atoms. The van der Waals surface area contributed by atoms with Gasteiger partial charge in [0.25, 0.3) is 0 Å². The standard InChI is InChI=1S/C18H35N3/c1-4-21(18-12-15-7-8-16(13-18)19-15)17-6-5-10-20(11-9-17)14(2)3/h14-19H,4-13H2,1-3H3. The van der Waals surface area contributed by atoms with Crippen LogP contribution in [0.4, 0.5) is 0 Å². The monoisotopic (exact) mass is 293 g/mol. The topological polar surface area (TPSA) is 18.5 Å². The molecule has 3 unspecified atom stereocenters. The zero-order valence-corrected chi connectivity index (χ0v) is 14.4. The largest absolute Gasteiger partial charge is 0.311 e. The molecule has 0 aromatic carbocycles. The van der Waals surface area contributed by atoms with E-state index in [2.05, 4.69) is 35.9 Å². The third kappa shape index (κ3) is 3.62. The van der Waals surface area contributed by atoms with Crippen molar-refractivity contribution in [1.29, 1.82) is 0 Å². The molecule has 3 aliphatic heterocycles. The van der Waals surface area contributed by atoms with Crippen molar-refractivity contribution >= 4 is 0 Å². The van der Waals surface area contributed by atoms with Gasteiger partial charge in [0.2, 0.25) is 0 Å². The number of nitrogens with one attached hydrogen (secondary N) is 1. The van der Waals surface area contributed by atoms with Crippen LogP contribution in [0.5, 0.6) is 0 Å². The van der Waals surface area contributed by atoms with E-state index in [1.165, 1.54) is 64.6 Å². The molecule has 0 aromatic rings. The SMILES string of the molecule is CCN(C1CCCN(C(C)C)CC1)C1CC2CCC(C1)N2. The summed E-state index contributed by atoms with van der Waals surface area (Å²) in [6, 6.07) is 4.04. The van der Waals surface area contributed by atoms with Gasteiger partial charge in [-0.3, -0.25) is 4.90 Å². The zero-order valence-electron chi connectivity index (χ0n) is 14.4. The van der Waals surface area contributed by atoms with Gasteiger partial charge < -0.3 is 10.2 Å². The molecule has 3 atom stereocenters. The molecule has 0 radical (unpaired) electrons. The van der Waals surface area contributed by atoms with Gasteiger partial charge in [0.05, 0.1) is 0 Å². The van der Waals surface area contributed by atoms with Crippen LogP contribution in [0.1, 0.15) is 65.7 Å². The van der Waals surface area contributed by atoms with Gasteiger partial charge in [-0.15, -0.1) is 0 Å². The highest BCUT2D eigenvalue weighted by Gasteiger charge is 2.37. The van der Waals surface area contributed by atoms with Gasteiger partial charge in [-0.2, -0.15) is 0 Å². The first-order chi connectivity index (χ1) is 10.2.